The third-order valence-corrected chi connectivity index (χ3v) is 3.72. The van der Waals surface area contributed by atoms with E-state index in [2.05, 4.69) is 30.7 Å². The van der Waals surface area contributed by atoms with Gasteiger partial charge in [0, 0.05) is 19.6 Å². The van der Waals surface area contributed by atoms with E-state index in [1.165, 1.54) is 19.4 Å². The Hall–Kier alpha value is -0.160. The van der Waals surface area contributed by atoms with Crippen molar-refractivity contribution in [2.75, 3.05) is 46.4 Å². The van der Waals surface area contributed by atoms with Crippen molar-refractivity contribution < 1.29 is 9.84 Å². The summed E-state index contributed by atoms with van der Waals surface area (Å²) in [4.78, 5) is 4.76. The SMILES string of the molecule is CC(C)OCCN(C)CC1CCN(C[C@H](C)O)CC1. The van der Waals surface area contributed by atoms with E-state index < -0.39 is 0 Å². The van der Waals surface area contributed by atoms with E-state index in [1.807, 2.05) is 6.92 Å². The molecular formula is C15H32N2O2. The molecule has 0 spiro atoms. The lowest BCUT2D eigenvalue weighted by Gasteiger charge is -2.34. The van der Waals surface area contributed by atoms with Gasteiger partial charge in [-0.15, -0.1) is 0 Å². The van der Waals surface area contributed by atoms with E-state index in [4.69, 9.17) is 4.74 Å². The highest BCUT2D eigenvalue weighted by atomic mass is 16.5. The van der Waals surface area contributed by atoms with Crippen LogP contribution in [0.1, 0.15) is 33.6 Å². The van der Waals surface area contributed by atoms with Crippen molar-refractivity contribution in [1.82, 2.24) is 9.80 Å². The number of hydrogen-bond acceptors (Lipinski definition) is 4. The lowest BCUT2D eigenvalue weighted by atomic mass is 9.96. The molecule has 1 aliphatic rings. The summed E-state index contributed by atoms with van der Waals surface area (Å²) in [5.41, 5.74) is 0. The fourth-order valence-corrected chi connectivity index (χ4v) is 2.70. The van der Waals surface area contributed by atoms with Gasteiger partial charge < -0.3 is 19.6 Å². The largest absolute Gasteiger partial charge is 0.392 e. The molecule has 4 heteroatoms. The summed E-state index contributed by atoms with van der Waals surface area (Å²) in [5, 5.41) is 9.39. The Balaban J connectivity index is 2.11. The smallest absolute Gasteiger partial charge is 0.0639 e. The van der Waals surface area contributed by atoms with Gasteiger partial charge in [0.15, 0.2) is 0 Å². The number of β-amino-alcohol motifs (C(OH)–C–C–N with tert-alkyl or cyclic N) is 1. The quantitative estimate of drug-likeness (QED) is 0.725. The minimum atomic E-state index is -0.201. The molecule has 0 radical (unpaired) electrons. The monoisotopic (exact) mass is 272 g/mol. The van der Waals surface area contributed by atoms with Gasteiger partial charge in [-0.3, -0.25) is 0 Å². The number of ether oxygens (including phenoxy) is 1. The summed E-state index contributed by atoms with van der Waals surface area (Å²) < 4.78 is 5.58. The Bertz CT molecular complexity index is 226. The average molecular weight is 272 g/mol. The number of piperidine rings is 1. The van der Waals surface area contributed by atoms with Crippen molar-refractivity contribution in [3.05, 3.63) is 0 Å². The summed E-state index contributed by atoms with van der Waals surface area (Å²) in [7, 11) is 2.19. The van der Waals surface area contributed by atoms with Gasteiger partial charge in [-0.05, 0) is 59.7 Å². The molecule has 0 unspecified atom stereocenters. The van der Waals surface area contributed by atoms with Crippen LogP contribution in [0.5, 0.6) is 0 Å². The summed E-state index contributed by atoms with van der Waals surface area (Å²) in [5.74, 6) is 0.800. The van der Waals surface area contributed by atoms with Gasteiger partial charge in [0.05, 0.1) is 18.8 Å². The molecule has 1 heterocycles. The van der Waals surface area contributed by atoms with Crippen LogP contribution in [-0.4, -0.2) is 73.5 Å². The van der Waals surface area contributed by atoms with Crippen molar-refractivity contribution >= 4 is 0 Å². The molecule has 0 aromatic rings. The Labute approximate surface area is 118 Å². The predicted molar refractivity (Wildman–Crippen MR) is 79.4 cm³/mol. The second-order valence-corrected chi connectivity index (χ2v) is 6.27. The molecule has 4 nitrogen and oxygen atoms in total. The fourth-order valence-electron chi connectivity index (χ4n) is 2.70. The van der Waals surface area contributed by atoms with Crippen molar-refractivity contribution in [3.8, 4) is 0 Å². The van der Waals surface area contributed by atoms with Crippen LogP contribution in [0.2, 0.25) is 0 Å². The summed E-state index contributed by atoms with van der Waals surface area (Å²) in [6, 6.07) is 0. The molecule has 1 atom stereocenters. The Morgan fingerprint density at radius 2 is 1.89 bits per heavy atom. The molecule has 1 rings (SSSR count). The summed E-state index contributed by atoms with van der Waals surface area (Å²) in [6.07, 6.45) is 2.63. The van der Waals surface area contributed by atoms with Gasteiger partial charge in [-0.25, -0.2) is 0 Å². The van der Waals surface area contributed by atoms with Gasteiger partial charge in [-0.2, -0.15) is 0 Å². The van der Waals surface area contributed by atoms with Crippen molar-refractivity contribution in [1.29, 1.82) is 0 Å². The lowest BCUT2D eigenvalue weighted by Crippen LogP contribution is -2.41. The van der Waals surface area contributed by atoms with Crippen LogP contribution in [-0.2, 0) is 4.74 Å². The number of likely N-dealkylation sites (N-methyl/N-ethyl adjacent to an activating group) is 1. The van der Waals surface area contributed by atoms with Gasteiger partial charge in [-0.1, -0.05) is 0 Å². The third kappa shape index (κ3) is 7.88. The van der Waals surface area contributed by atoms with Crippen LogP contribution in [0.3, 0.4) is 0 Å². The highest BCUT2D eigenvalue weighted by Crippen LogP contribution is 2.18. The molecule has 114 valence electrons. The first kappa shape index (κ1) is 16.9. The maximum Gasteiger partial charge on any atom is 0.0639 e. The Morgan fingerprint density at radius 3 is 2.42 bits per heavy atom. The number of likely N-dealkylation sites (tertiary alicyclic amines) is 1. The van der Waals surface area contributed by atoms with Crippen molar-refractivity contribution in [2.24, 2.45) is 5.92 Å². The first-order valence-corrected chi connectivity index (χ1v) is 7.68. The maximum absolute atomic E-state index is 9.39. The van der Waals surface area contributed by atoms with Crippen LogP contribution in [0.25, 0.3) is 0 Å². The minimum absolute atomic E-state index is 0.201. The van der Waals surface area contributed by atoms with Gasteiger partial charge in [0.1, 0.15) is 0 Å². The van der Waals surface area contributed by atoms with Crippen LogP contribution in [0.4, 0.5) is 0 Å². The molecule has 1 N–H and O–H groups in total. The molecule has 0 aromatic carbocycles. The molecule has 0 bridgehead atoms. The van der Waals surface area contributed by atoms with Gasteiger partial charge in [0.25, 0.3) is 0 Å². The molecule has 1 fully saturated rings. The van der Waals surface area contributed by atoms with Gasteiger partial charge >= 0.3 is 0 Å². The topological polar surface area (TPSA) is 35.9 Å². The zero-order valence-electron chi connectivity index (χ0n) is 13.1. The van der Waals surface area contributed by atoms with E-state index in [9.17, 15) is 5.11 Å². The standard InChI is InChI=1S/C15H32N2O2/c1-13(2)19-10-9-16(4)12-15-5-7-17(8-6-15)11-14(3)18/h13-15,18H,5-12H2,1-4H3/t14-/m0/s1. The number of aliphatic hydroxyl groups excluding tert-OH is 1. The predicted octanol–water partition coefficient (Wildman–Crippen LogP) is 1.44. The number of rotatable bonds is 8. The molecule has 0 amide bonds. The van der Waals surface area contributed by atoms with E-state index in [-0.39, 0.29) is 6.10 Å². The summed E-state index contributed by atoms with van der Waals surface area (Å²) >= 11 is 0. The highest BCUT2D eigenvalue weighted by Gasteiger charge is 2.20. The second kappa shape index (κ2) is 8.90. The van der Waals surface area contributed by atoms with Crippen molar-refractivity contribution in [3.63, 3.8) is 0 Å². The van der Waals surface area contributed by atoms with E-state index >= 15 is 0 Å². The molecule has 1 saturated heterocycles. The lowest BCUT2D eigenvalue weighted by molar-refractivity contribution is 0.0552. The van der Waals surface area contributed by atoms with E-state index in [0.717, 1.165) is 38.7 Å². The molecule has 1 aliphatic heterocycles. The first-order chi connectivity index (χ1) is 8.97. The second-order valence-electron chi connectivity index (χ2n) is 6.27. The average Bonchev–Trinajstić information content (AvgIpc) is 2.30. The molecule has 0 aromatic heterocycles. The summed E-state index contributed by atoms with van der Waals surface area (Å²) in [6.45, 7) is 12.1. The minimum Gasteiger partial charge on any atom is -0.392 e. The van der Waals surface area contributed by atoms with Crippen LogP contribution in [0.15, 0.2) is 0 Å². The third-order valence-electron chi connectivity index (χ3n) is 3.72. The van der Waals surface area contributed by atoms with E-state index in [0.29, 0.717) is 6.10 Å². The highest BCUT2D eigenvalue weighted by molar-refractivity contribution is 4.75. The number of aliphatic hydroxyl groups is 1. The Kier molecular flexibility index (Phi) is 7.91. The molecular weight excluding hydrogens is 240 g/mol. The van der Waals surface area contributed by atoms with Crippen molar-refractivity contribution in [2.45, 2.75) is 45.8 Å². The van der Waals surface area contributed by atoms with E-state index in [1.54, 1.807) is 0 Å². The zero-order valence-corrected chi connectivity index (χ0v) is 13.1. The van der Waals surface area contributed by atoms with Crippen LogP contribution in [0, 0.1) is 5.92 Å². The molecule has 0 aliphatic carbocycles. The Morgan fingerprint density at radius 1 is 1.26 bits per heavy atom. The molecule has 0 saturated carbocycles. The van der Waals surface area contributed by atoms with Gasteiger partial charge in [0.2, 0.25) is 0 Å². The van der Waals surface area contributed by atoms with Crippen LogP contribution >= 0.6 is 0 Å². The first-order valence-electron chi connectivity index (χ1n) is 7.68. The van der Waals surface area contributed by atoms with Crippen LogP contribution < -0.4 is 0 Å². The fraction of sp³-hybridized carbons (Fsp3) is 1.00. The maximum atomic E-state index is 9.39. The molecule has 19 heavy (non-hydrogen) atoms. The number of hydrogen-bond donors (Lipinski definition) is 1. The normalized spacial score (nSPS) is 20.4. The number of nitrogens with zero attached hydrogens (tertiary/aromatic N) is 2. The zero-order chi connectivity index (χ0) is 14.3.